The Morgan fingerprint density at radius 2 is 1.93 bits per heavy atom. The van der Waals surface area contributed by atoms with Crippen molar-refractivity contribution >= 4 is 15.9 Å². The molecular weight excluding hydrogens is 368 g/mol. The summed E-state index contributed by atoms with van der Waals surface area (Å²) in [5, 5.41) is 2.89. The Morgan fingerprint density at radius 1 is 1.19 bits per heavy atom. The first-order valence-electron chi connectivity index (χ1n) is 9.47. The van der Waals surface area contributed by atoms with Gasteiger partial charge < -0.3 is 14.8 Å². The van der Waals surface area contributed by atoms with Gasteiger partial charge in [0, 0.05) is 19.2 Å². The minimum Gasteiger partial charge on any atom is -0.493 e. The van der Waals surface area contributed by atoms with Gasteiger partial charge in [-0.25, -0.2) is 8.42 Å². The van der Waals surface area contributed by atoms with Crippen molar-refractivity contribution in [1.29, 1.82) is 0 Å². The lowest BCUT2D eigenvalue weighted by molar-refractivity contribution is -0.124. The number of sulfonamides is 1. The molecule has 1 unspecified atom stereocenters. The highest BCUT2D eigenvalue weighted by Gasteiger charge is 2.39. The van der Waals surface area contributed by atoms with Crippen molar-refractivity contribution in [3.05, 3.63) is 18.2 Å². The van der Waals surface area contributed by atoms with Gasteiger partial charge in [0.2, 0.25) is 15.9 Å². The molecule has 27 heavy (non-hydrogen) atoms. The maximum Gasteiger partial charge on any atom is 0.243 e. The van der Waals surface area contributed by atoms with E-state index in [0.717, 1.165) is 25.7 Å². The number of methoxy groups -OCH3 is 2. The number of rotatable bonds is 10. The van der Waals surface area contributed by atoms with Gasteiger partial charge in [-0.2, -0.15) is 4.31 Å². The summed E-state index contributed by atoms with van der Waals surface area (Å²) in [6.07, 6.45) is 5.45. The number of amides is 1. The molecule has 7 nitrogen and oxygen atoms in total. The largest absolute Gasteiger partial charge is 0.493 e. The van der Waals surface area contributed by atoms with Crippen LogP contribution in [0, 0.1) is 0 Å². The summed E-state index contributed by atoms with van der Waals surface area (Å²) in [6.45, 7) is 3.05. The van der Waals surface area contributed by atoms with Gasteiger partial charge in [-0.05, 0) is 31.4 Å². The van der Waals surface area contributed by atoms with Crippen LogP contribution in [0.15, 0.2) is 23.1 Å². The first-order chi connectivity index (χ1) is 13.0. The zero-order chi connectivity index (χ0) is 19.9. The SMILES string of the molecule is CCCCCCNC(=O)C1CCCN1S(=O)(=O)c1ccc(OC)c(OC)c1. The maximum absolute atomic E-state index is 13.1. The van der Waals surface area contributed by atoms with Crippen molar-refractivity contribution < 1.29 is 22.7 Å². The van der Waals surface area contributed by atoms with Crippen molar-refractivity contribution in [2.24, 2.45) is 0 Å². The van der Waals surface area contributed by atoms with E-state index in [0.29, 0.717) is 37.4 Å². The van der Waals surface area contributed by atoms with Gasteiger partial charge in [-0.1, -0.05) is 26.2 Å². The number of nitrogens with one attached hydrogen (secondary N) is 1. The Balaban J connectivity index is 2.11. The third-order valence-corrected chi connectivity index (χ3v) is 6.70. The Hall–Kier alpha value is -1.80. The van der Waals surface area contributed by atoms with E-state index >= 15 is 0 Å². The monoisotopic (exact) mass is 398 g/mol. The molecule has 0 aliphatic carbocycles. The molecule has 1 aromatic carbocycles. The van der Waals surface area contributed by atoms with Crippen LogP contribution in [-0.2, 0) is 14.8 Å². The molecule has 8 heteroatoms. The molecule has 1 aliphatic heterocycles. The molecule has 152 valence electrons. The molecule has 0 aromatic heterocycles. The number of unbranched alkanes of at least 4 members (excludes halogenated alkanes) is 3. The number of ether oxygens (including phenoxy) is 2. The fourth-order valence-electron chi connectivity index (χ4n) is 3.28. The molecule has 1 aromatic rings. The fraction of sp³-hybridized carbons (Fsp3) is 0.632. The minimum atomic E-state index is -3.79. The first kappa shape index (κ1) is 21.5. The van der Waals surface area contributed by atoms with Gasteiger partial charge in [0.05, 0.1) is 19.1 Å². The summed E-state index contributed by atoms with van der Waals surface area (Å²) in [7, 11) is -0.842. The average Bonchev–Trinajstić information content (AvgIpc) is 3.18. The third kappa shape index (κ3) is 5.13. The topological polar surface area (TPSA) is 84.9 Å². The van der Waals surface area contributed by atoms with Crippen LogP contribution in [0.3, 0.4) is 0 Å². The second-order valence-corrected chi connectivity index (χ2v) is 8.53. The Kier molecular flexibility index (Phi) is 7.91. The minimum absolute atomic E-state index is 0.0998. The molecule has 2 rings (SSSR count). The van der Waals surface area contributed by atoms with Crippen molar-refractivity contribution in [3.63, 3.8) is 0 Å². The summed E-state index contributed by atoms with van der Waals surface area (Å²) in [6, 6.07) is 3.82. The van der Waals surface area contributed by atoms with E-state index in [-0.39, 0.29) is 10.8 Å². The van der Waals surface area contributed by atoms with E-state index in [9.17, 15) is 13.2 Å². The molecule has 1 atom stereocenters. The van der Waals surface area contributed by atoms with E-state index in [4.69, 9.17) is 9.47 Å². The molecule has 0 radical (unpaired) electrons. The lowest BCUT2D eigenvalue weighted by atomic mass is 10.2. The van der Waals surface area contributed by atoms with Crippen LogP contribution >= 0.6 is 0 Å². The van der Waals surface area contributed by atoms with Gasteiger partial charge >= 0.3 is 0 Å². The molecule has 0 spiro atoms. The number of benzene rings is 1. The number of carbonyl (C=O) groups is 1. The Morgan fingerprint density at radius 3 is 2.59 bits per heavy atom. The molecule has 0 bridgehead atoms. The van der Waals surface area contributed by atoms with E-state index in [1.165, 1.54) is 30.7 Å². The molecule has 1 heterocycles. The smallest absolute Gasteiger partial charge is 0.243 e. The molecule has 1 saturated heterocycles. The van der Waals surface area contributed by atoms with Crippen LogP contribution in [0.25, 0.3) is 0 Å². The summed E-state index contributed by atoms with van der Waals surface area (Å²) in [5.41, 5.74) is 0. The second kappa shape index (κ2) is 9.94. The third-order valence-electron chi connectivity index (χ3n) is 4.80. The fourth-order valence-corrected chi connectivity index (χ4v) is 4.96. The van der Waals surface area contributed by atoms with Crippen LogP contribution in [-0.4, -0.2) is 52.0 Å². The molecular formula is C19H30N2O5S. The molecule has 1 amide bonds. The standard InChI is InChI=1S/C19H30N2O5S/c1-4-5-6-7-12-20-19(22)16-9-8-13-21(16)27(23,24)15-10-11-17(25-2)18(14-15)26-3/h10-11,14,16H,4-9,12-13H2,1-3H3,(H,20,22). The van der Waals surface area contributed by atoms with Crippen molar-refractivity contribution in [2.75, 3.05) is 27.3 Å². The summed E-state index contributed by atoms with van der Waals surface area (Å²) in [5.74, 6) is 0.585. The van der Waals surface area contributed by atoms with Crippen LogP contribution < -0.4 is 14.8 Å². The summed E-state index contributed by atoms with van der Waals surface area (Å²) in [4.78, 5) is 12.6. The van der Waals surface area contributed by atoms with E-state index in [1.807, 2.05) is 0 Å². The second-order valence-electron chi connectivity index (χ2n) is 6.64. The van der Waals surface area contributed by atoms with Crippen LogP contribution in [0.4, 0.5) is 0 Å². The zero-order valence-corrected chi connectivity index (χ0v) is 17.2. The summed E-state index contributed by atoms with van der Waals surface area (Å²) < 4.78 is 37.8. The predicted octanol–water partition coefficient (Wildman–Crippen LogP) is 2.55. The van der Waals surface area contributed by atoms with Crippen molar-refractivity contribution in [3.8, 4) is 11.5 Å². The van der Waals surface area contributed by atoms with Crippen molar-refractivity contribution in [2.45, 2.75) is 56.4 Å². The zero-order valence-electron chi connectivity index (χ0n) is 16.4. The van der Waals surface area contributed by atoms with Gasteiger partial charge in [-0.3, -0.25) is 4.79 Å². The predicted molar refractivity (Wildman–Crippen MR) is 104 cm³/mol. The number of nitrogens with zero attached hydrogens (tertiary/aromatic N) is 1. The normalized spacial score (nSPS) is 17.7. The van der Waals surface area contributed by atoms with Crippen molar-refractivity contribution in [1.82, 2.24) is 9.62 Å². The Labute approximate surface area is 162 Å². The first-order valence-corrected chi connectivity index (χ1v) is 10.9. The lowest BCUT2D eigenvalue weighted by Gasteiger charge is -2.24. The Bertz CT molecular complexity index is 736. The quantitative estimate of drug-likeness (QED) is 0.612. The van der Waals surface area contributed by atoms with Gasteiger partial charge in [0.15, 0.2) is 11.5 Å². The van der Waals surface area contributed by atoms with Crippen LogP contribution in [0.1, 0.15) is 45.4 Å². The highest BCUT2D eigenvalue weighted by molar-refractivity contribution is 7.89. The number of carbonyl (C=O) groups excluding carboxylic acids is 1. The number of hydrogen-bond acceptors (Lipinski definition) is 5. The molecule has 1 aliphatic rings. The lowest BCUT2D eigenvalue weighted by Crippen LogP contribution is -2.46. The van der Waals surface area contributed by atoms with E-state index in [2.05, 4.69) is 12.2 Å². The van der Waals surface area contributed by atoms with Crippen LogP contribution in [0.5, 0.6) is 11.5 Å². The number of hydrogen-bond donors (Lipinski definition) is 1. The molecule has 0 saturated carbocycles. The van der Waals surface area contributed by atoms with E-state index < -0.39 is 16.1 Å². The highest BCUT2D eigenvalue weighted by atomic mass is 32.2. The highest BCUT2D eigenvalue weighted by Crippen LogP contribution is 2.33. The average molecular weight is 399 g/mol. The van der Waals surface area contributed by atoms with E-state index in [1.54, 1.807) is 6.07 Å². The van der Waals surface area contributed by atoms with Gasteiger partial charge in [-0.15, -0.1) is 0 Å². The van der Waals surface area contributed by atoms with Gasteiger partial charge in [0.1, 0.15) is 6.04 Å². The molecule has 1 N–H and O–H groups in total. The summed E-state index contributed by atoms with van der Waals surface area (Å²) >= 11 is 0. The van der Waals surface area contributed by atoms with Gasteiger partial charge in [0.25, 0.3) is 0 Å². The molecule has 1 fully saturated rings. The maximum atomic E-state index is 13.1. The van der Waals surface area contributed by atoms with Crippen LogP contribution in [0.2, 0.25) is 0 Å².